The lowest BCUT2D eigenvalue weighted by molar-refractivity contribution is 0.477. The minimum atomic E-state index is 0.336. The zero-order valence-electron chi connectivity index (χ0n) is 20.2. The van der Waals surface area contributed by atoms with Crippen LogP contribution in [0.5, 0.6) is 11.5 Å². The highest BCUT2D eigenvalue weighted by molar-refractivity contribution is 5.92. The molecule has 1 aliphatic carbocycles. The van der Waals surface area contributed by atoms with Crippen molar-refractivity contribution in [2.45, 2.75) is 12.5 Å². The van der Waals surface area contributed by atoms with Crippen molar-refractivity contribution in [1.29, 1.82) is 0 Å². The molecule has 8 rings (SSSR count). The van der Waals surface area contributed by atoms with Crippen LogP contribution in [0.2, 0.25) is 0 Å². The van der Waals surface area contributed by atoms with Crippen molar-refractivity contribution in [2.75, 3.05) is 10.2 Å². The molecule has 2 aliphatic heterocycles. The van der Waals surface area contributed by atoms with Crippen molar-refractivity contribution < 1.29 is 4.74 Å². The standard InChI is InChI=1S/C34H24N2O/c1-2-9-25(10-3-1)36-30-12-6-7-13-32(30)37-33-21-24(16-19-31(33)36)23-15-17-28-27(20-23)34-26-11-5-4-8-22(26)14-18-29(34)35-28/h1-17,19-21,29,35H,18H2. The number of rotatable bonds is 2. The molecular formula is C34H24N2O. The Bertz CT molecular complexity index is 1820. The predicted molar refractivity (Wildman–Crippen MR) is 151 cm³/mol. The van der Waals surface area contributed by atoms with E-state index in [1.165, 1.54) is 32.8 Å². The van der Waals surface area contributed by atoms with Gasteiger partial charge in [0.1, 0.15) is 0 Å². The minimum Gasteiger partial charge on any atom is -0.453 e. The number of ether oxygens (including phenoxy) is 1. The van der Waals surface area contributed by atoms with E-state index in [1.807, 2.05) is 18.2 Å². The first-order valence-electron chi connectivity index (χ1n) is 12.8. The lowest BCUT2D eigenvalue weighted by atomic mass is 9.91. The number of para-hydroxylation sites is 3. The smallest absolute Gasteiger partial charge is 0.152 e. The van der Waals surface area contributed by atoms with Crippen molar-refractivity contribution in [3.05, 3.63) is 131 Å². The summed E-state index contributed by atoms with van der Waals surface area (Å²) in [7, 11) is 0. The van der Waals surface area contributed by atoms with Gasteiger partial charge >= 0.3 is 0 Å². The maximum absolute atomic E-state index is 6.45. The van der Waals surface area contributed by atoms with Crippen LogP contribution in [0.4, 0.5) is 22.7 Å². The van der Waals surface area contributed by atoms with Crippen molar-refractivity contribution in [3.63, 3.8) is 0 Å². The van der Waals surface area contributed by atoms with E-state index in [0.717, 1.165) is 40.5 Å². The van der Waals surface area contributed by atoms with E-state index < -0.39 is 0 Å². The third-order valence-electron chi connectivity index (χ3n) is 7.69. The molecule has 0 amide bonds. The highest BCUT2D eigenvalue weighted by atomic mass is 16.5. The monoisotopic (exact) mass is 476 g/mol. The zero-order valence-corrected chi connectivity index (χ0v) is 20.2. The highest BCUT2D eigenvalue weighted by Gasteiger charge is 2.29. The molecule has 3 heteroatoms. The molecule has 0 radical (unpaired) electrons. The van der Waals surface area contributed by atoms with Crippen LogP contribution in [-0.2, 0) is 0 Å². The molecule has 1 N–H and O–H groups in total. The maximum atomic E-state index is 6.45. The Labute approximate surface area is 215 Å². The fourth-order valence-electron chi connectivity index (χ4n) is 5.99. The van der Waals surface area contributed by atoms with E-state index in [4.69, 9.17) is 4.74 Å². The Morgan fingerprint density at radius 1 is 0.676 bits per heavy atom. The second kappa shape index (κ2) is 7.87. The first kappa shape index (κ1) is 20.4. The fourth-order valence-corrected chi connectivity index (χ4v) is 5.99. The van der Waals surface area contributed by atoms with Gasteiger partial charge in [-0.05, 0) is 82.1 Å². The summed E-state index contributed by atoms with van der Waals surface area (Å²) in [6.07, 6.45) is 3.36. The molecule has 5 aromatic rings. The highest BCUT2D eigenvalue weighted by Crippen LogP contribution is 2.51. The van der Waals surface area contributed by atoms with E-state index in [2.05, 4.69) is 113 Å². The molecule has 1 atom stereocenters. The van der Waals surface area contributed by atoms with Gasteiger partial charge in [-0.2, -0.15) is 0 Å². The summed E-state index contributed by atoms with van der Waals surface area (Å²) in [5.74, 6) is 1.73. The Morgan fingerprint density at radius 2 is 1.43 bits per heavy atom. The molecule has 1 unspecified atom stereocenters. The van der Waals surface area contributed by atoms with Crippen LogP contribution in [0.15, 0.2) is 115 Å². The number of nitrogens with one attached hydrogen (secondary N) is 1. The maximum Gasteiger partial charge on any atom is 0.152 e. The Kier molecular flexibility index (Phi) is 4.35. The van der Waals surface area contributed by atoms with Gasteiger partial charge in [0.25, 0.3) is 0 Å². The molecular weight excluding hydrogens is 452 g/mol. The molecule has 0 fully saturated rings. The Hall–Kier alpha value is -4.76. The average molecular weight is 477 g/mol. The SMILES string of the molecule is C1=c2ccccc2=C2c3cc(-c4ccc5c(c4)Oc4ccccc4N5c4ccccc4)ccc3NC2C1. The average Bonchev–Trinajstić information content (AvgIpc) is 3.34. The Morgan fingerprint density at radius 3 is 2.38 bits per heavy atom. The molecule has 176 valence electrons. The van der Waals surface area contributed by atoms with Crippen molar-refractivity contribution in [2.24, 2.45) is 0 Å². The van der Waals surface area contributed by atoms with Gasteiger partial charge in [0.05, 0.1) is 17.4 Å². The number of anilines is 4. The summed E-state index contributed by atoms with van der Waals surface area (Å²) in [6, 6.07) is 41.1. The predicted octanol–water partition coefficient (Wildman–Crippen LogP) is 7.11. The molecule has 0 spiro atoms. The van der Waals surface area contributed by atoms with Crippen LogP contribution < -0.4 is 25.4 Å². The molecule has 0 aromatic heterocycles. The van der Waals surface area contributed by atoms with Crippen LogP contribution in [0, 0.1) is 0 Å². The van der Waals surface area contributed by atoms with Crippen molar-refractivity contribution in [1.82, 2.24) is 0 Å². The first-order valence-corrected chi connectivity index (χ1v) is 12.8. The lowest BCUT2D eigenvalue weighted by Gasteiger charge is -2.33. The molecule has 5 aromatic carbocycles. The van der Waals surface area contributed by atoms with E-state index in [9.17, 15) is 0 Å². The molecule has 3 aliphatic rings. The van der Waals surface area contributed by atoms with Crippen molar-refractivity contribution >= 4 is 34.4 Å². The van der Waals surface area contributed by atoms with Crippen LogP contribution in [0.1, 0.15) is 12.0 Å². The zero-order chi connectivity index (χ0) is 24.3. The second-order valence-corrected chi connectivity index (χ2v) is 9.82. The summed E-state index contributed by atoms with van der Waals surface area (Å²) in [6.45, 7) is 0. The summed E-state index contributed by atoms with van der Waals surface area (Å²) < 4.78 is 6.45. The first-order chi connectivity index (χ1) is 18.3. The molecule has 0 saturated carbocycles. The number of hydrogen-bond acceptors (Lipinski definition) is 3. The van der Waals surface area contributed by atoms with E-state index in [0.29, 0.717) is 6.04 Å². The second-order valence-electron chi connectivity index (χ2n) is 9.82. The van der Waals surface area contributed by atoms with Gasteiger partial charge in [-0.3, -0.25) is 0 Å². The van der Waals surface area contributed by atoms with Crippen LogP contribution in [0.3, 0.4) is 0 Å². The quantitative estimate of drug-likeness (QED) is 0.288. The lowest BCUT2D eigenvalue weighted by Crippen LogP contribution is -2.35. The molecule has 0 bridgehead atoms. The normalized spacial score (nSPS) is 16.3. The van der Waals surface area contributed by atoms with Crippen LogP contribution in [0.25, 0.3) is 22.8 Å². The van der Waals surface area contributed by atoms with E-state index >= 15 is 0 Å². The molecule has 0 saturated heterocycles. The van der Waals surface area contributed by atoms with Crippen LogP contribution >= 0.6 is 0 Å². The summed E-state index contributed by atoms with van der Waals surface area (Å²) in [5, 5.41) is 6.41. The number of benzene rings is 5. The summed E-state index contributed by atoms with van der Waals surface area (Å²) >= 11 is 0. The molecule has 37 heavy (non-hydrogen) atoms. The van der Waals surface area contributed by atoms with Crippen molar-refractivity contribution in [3.8, 4) is 22.6 Å². The molecule has 3 nitrogen and oxygen atoms in total. The topological polar surface area (TPSA) is 24.5 Å². The van der Waals surface area contributed by atoms with Gasteiger partial charge < -0.3 is 15.0 Å². The fraction of sp³-hybridized carbons (Fsp3) is 0.0588. The Balaban J connectivity index is 1.26. The van der Waals surface area contributed by atoms with Gasteiger partial charge in [-0.25, -0.2) is 0 Å². The summed E-state index contributed by atoms with van der Waals surface area (Å²) in [4.78, 5) is 2.28. The molecule has 2 heterocycles. The van der Waals surface area contributed by atoms with Gasteiger partial charge in [0, 0.05) is 16.9 Å². The van der Waals surface area contributed by atoms with Gasteiger partial charge in [-0.1, -0.05) is 72.8 Å². The minimum absolute atomic E-state index is 0.336. The van der Waals surface area contributed by atoms with E-state index in [1.54, 1.807) is 0 Å². The van der Waals surface area contributed by atoms with Gasteiger partial charge in [0.15, 0.2) is 11.5 Å². The number of nitrogens with zero attached hydrogens (tertiary/aromatic N) is 1. The number of hydrogen-bond donors (Lipinski definition) is 1. The third kappa shape index (κ3) is 3.14. The number of fused-ring (bicyclic) bond motifs is 6. The summed E-state index contributed by atoms with van der Waals surface area (Å²) in [5.41, 5.74) is 9.48. The van der Waals surface area contributed by atoms with Gasteiger partial charge in [-0.15, -0.1) is 0 Å². The van der Waals surface area contributed by atoms with Crippen LogP contribution in [-0.4, -0.2) is 6.04 Å². The largest absolute Gasteiger partial charge is 0.453 e. The van der Waals surface area contributed by atoms with E-state index in [-0.39, 0.29) is 0 Å². The van der Waals surface area contributed by atoms with Gasteiger partial charge in [0.2, 0.25) is 0 Å². The third-order valence-corrected chi connectivity index (χ3v) is 7.69.